The molecule has 3 aromatic rings. The molecule has 1 aromatic heterocycles. The van der Waals surface area contributed by atoms with Gasteiger partial charge in [-0.3, -0.25) is 4.79 Å². The minimum Gasteiger partial charge on any atom is -0.421 e. The van der Waals surface area contributed by atoms with Gasteiger partial charge in [-0.1, -0.05) is 41.4 Å². The lowest BCUT2D eigenvalue weighted by Crippen LogP contribution is -2.25. The second-order valence-corrected chi connectivity index (χ2v) is 5.84. The number of carbonyl (C=O) groups is 1. The van der Waals surface area contributed by atoms with Crippen molar-refractivity contribution in [3.05, 3.63) is 70.0 Å². The second-order valence-electron chi connectivity index (χ2n) is 5.00. The van der Waals surface area contributed by atoms with Gasteiger partial charge >= 0.3 is 0 Å². The normalized spacial score (nSPS) is 10.6. The molecule has 0 spiro atoms. The minimum atomic E-state index is -0.205. The molecule has 0 saturated carbocycles. The molecule has 0 aliphatic carbocycles. The van der Waals surface area contributed by atoms with Crippen molar-refractivity contribution in [2.75, 3.05) is 6.54 Å². The number of nitrogens with one attached hydrogen (secondary N) is 1. The molecule has 0 fully saturated rings. The van der Waals surface area contributed by atoms with Crippen molar-refractivity contribution in [1.82, 2.24) is 15.5 Å². The van der Waals surface area contributed by atoms with Gasteiger partial charge in [-0.25, -0.2) is 0 Å². The van der Waals surface area contributed by atoms with E-state index in [1.807, 2.05) is 12.1 Å². The maximum Gasteiger partial charge on any atom is 0.251 e. The van der Waals surface area contributed by atoms with E-state index in [-0.39, 0.29) is 5.91 Å². The van der Waals surface area contributed by atoms with Crippen LogP contribution in [-0.2, 0) is 6.42 Å². The molecule has 0 radical (unpaired) electrons. The van der Waals surface area contributed by atoms with Gasteiger partial charge in [-0.2, -0.15) is 0 Å². The van der Waals surface area contributed by atoms with Gasteiger partial charge in [0, 0.05) is 23.6 Å². The zero-order chi connectivity index (χ0) is 16.9. The highest BCUT2D eigenvalue weighted by atomic mass is 35.5. The summed E-state index contributed by atoms with van der Waals surface area (Å²) < 4.78 is 5.58. The zero-order valence-corrected chi connectivity index (χ0v) is 14.0. The van der Waals surface area contributed by atoms with E-state index in [0.29, 0.717) is 45.9 Å². The Morgan fingerprint density at radius 2 is 1.92 bits per heavy atom. The first-order chi connectivity index (χ1) is 11.6. The smallest absolute Gasteiger partial charge is 0.251 e. The topological polar surface area (TPSA) is 68.0 Å². The number of amides is 1. The molecule has 1 heterocycles. The molecule has 2 aromatic carbocycles. The van der Waals surface area contributed by atoms with Crippen LogP contribution in [0, 0.1) is 0 Å². The summed E-state index contributed by atoms with van der Waals surface area (Å²) in [5.41, 5.74) is 1.19. The maximum absolute atomic E-state index is 12.0. The highest BCUT2D eigenvalue weighted by Gasteiger charge is 2.12. The van der Waals surface area contributed by atoms with Crippen molar-refractivity contribution in [2.45, 2.75) is 6.42 Å². The van der Waals surface area contributed by atoms with Crippen molar-refractivity contribution < 1.29 is 9.21 Å². The molecule has 0 aliphatic rings. The molecule has 24 heavy (non-hydrogen) atoms. The van der Waals surface area contributed by atoms with Gasteiger partial charge in [0.05, 0.1) is 10.6 Å². The average Bonchev–Trinajstić information content (AvgIpc) is 3.04. The summed E-state index contributed by atoms with van der Waals surface area (Å²) in [5, 5.41) is 11.8. The second kappa shape index (κ2) is 7.47. The molecule has 0 bridgehead atoms. The van der Waals surface area contributed by atoms with Crippen LogP contribution in [0.15, 0.2) is 52.9 Å². The minimum absolute atomic E-state index is 0.205. The van der Waals surface area contributed by atoms with Gasteiger partial charge in [0.1, 0.15) is 0 Å². The van der Waals surface area contributed by atoms with Crippen molar-refractivity contribution in [3.8, 4) is 11.5 Å². The Kier molecular flexibility index (Phi) is 5.13. The third-order valence-electron chi connectivity index (χ3n) is 3.28. The fourth-order valence-corrected chi connectivity index (χ4v) is 2.52. The van der Waals surface area contributed by atoms with Crippen LogP contribution in [0.3, 0.4) is 0 Å². The van der Waals surface area contributed by atoms with E-state index in [0.717, 1.165) is 0 Å². The van der Waals surface area contributed by atoms with E-state index in [1.54, 1.807) is 36.4 Å². The number of aromatic nitrogens is 2. The van der Waals surface area contributed by atoms with E-state index >= 15 is 0 Å². The summed E-state index contributed by atoms with van der Waals surface area (Å²) in [6.45, 7) is 0.371. The van der Waals surface area contributed by atoms with Crippen molar-refractivity contribution in [1.29, 1.82) is 0 Å². The Bertz CT molecular complexity index is 864. The van der Waals surface area contributed by atoms with Crippen LogP contribution in [0.5, 0.6) is 0 Å². The molecular weight excluding hydrogens is 349 g/mol. The summed E-state index contributed by atoms with van der Waals surface area (Å²) >= 11 is 12.0. The van der Waals surface area contributed by atoms with Gasteiger partial charge in [-0.05, 0) is 30.3 Å². The number of benzene rings is 2. The van der Waals surface area contributed by atoms with E-state index < -0.39 is 0 Å². The Labute approximate surface area is 148 Å². The lowest BCUT2D eigenvalue weighted by Gasteiger charge is -2.03. The van der Waals surface area contributed by atoms with E-state index in [1.165, 1.54) is 0 Å². The number of carbonyl (C=O) groups excluding carboxylic acids is 1. The van der Waals surface area contributed by atoms with Crippen LogP contribution < -0.4 is 5.32 Å². The number of rotatable bonds is 5. The van der Waals surface area contributed by atoms with Crippen LogP contribution in [0.2, 0.25) is 10.0 Å². The van der Waals surface area contributed by atoms with Crippen LogP contribution in [-0.4, -0.2) is 22.6 Å². The Hall–Kier alpha value is -2.37. The first-order valence-corrected chi connectivity index (χ1v) is 8.00. The summed E-state index contributed by atoms with van der Waals surface area (Å²) in [6, 6.07) is 14.0. The predicted molar refractivity (Wildman–Crippen MR) is 92.2 cm³/mol. The summed E-state index contributed by atoms with van der Waals surface area (Å²) in [4.78, 5) is 12.0. The first-order valence-electron chi connectivity index (χ1n) is 7.24. The monoisotopic (exact) mass is 361 g/mol. The average molecular weight is 362 g/mol. The number of nitrogens with zero attached hydrogens (tertiary/aromatic N) is 2. The molecule has 5 nitrogen and oxygen atoms in total. The molecular formula is C17H13Cl2N3O2. The highest BCUT2D eigenvalue weighted by molar-refractivity contribution is 6.33. The zero-order valence-electron chi connectivity index (χ0n) is 12.5. The Morgan fingerprint density at radius 3 is 2.71 bits per heavy atom. The van der Waals surface area contributed by atoms with Gasteiger partial charge < -0.3 is 9.73 Å². The molecule has 1 N–H and O–H groups in total. The van der Waals surface area contributed by atoms with Crippen molar-refractivity contribution in [2.24, 2.45) is 0 Å². The molecule has 7 heteroatoms. The molecule has 122 valence electrons. The Morgan fingerprint density at radius 1 is 1.08 bits per heavy atom. The number of halogens is 2. The molecule has 0 saturated heterocycles. The van der Waals surface area contributed by atoms with Gasteiger partial charge in [-0.15, -0.1) is 10.2 Å². The highest BCUT2D eigenvalue weighted by Crippen LogP contribution is 2.26. The summed E-state index contributed by atoms with van der Waals surface area (Å²) in [6.07, 6.45) is 0.420. The molecule has 3 rings (SSSR count). The van der Waals surface area contributed by atoms with Crippen LogP contribution in [0.4, 0.5) is 0 Å². The van der Waals surface area contributed by atoms with Crippen molar-refractivity contribution in [3.63, 3.8) is 0 Å². The standard InChI is InChI=1S/C17H13Cl2N3O2/c18-12-5-3-4-11(10-12)16(23)20-9-8-15-21-22-17(24-15)13-6-1-2-7-14(13)19/h1-7,10H,8-9H2,(H,20,23). The van der Waals surface area contributed by atoms with Crippen molar-refractivity contribution >= 4 is 29.1 Å². The third-order valence-corrected chi connectivity index (χ3v) is 3.85. The maximum atomic E-state index is 12.0. The number of hydrogen-bond acceptors (Lipinski definition) is 4. The molecule has 1 amide bonds. The molecule has 0 aliphatic heterocycles. The molecule has 0 atom stereocenters. The quantitative estimate of drug-likeness (QED) is 0.745. The lowest BCUT2D eigenvalue weighted by molar-refractivity contribution is 0.0953. The fourth-order valence-electron chi connectivity index (χ4n) is 2.11. The van der Waals surface area contributed by atoms with Gasteiger partial charge in [0.2, 0.25) is 11.8 Å². The molecule has 0 unspecified atom stereocenters. The largest absolute Gasteiger partial charge is 0.421 e. The van der Waals surface area contributed by atoms with Gasteiger partial charge in [0.25, 0.3) is 5.91 Å². The van der Waals surface area contributed by atoms with E-state index in [4.69, 9.17) is 27.6 Å². The third kappa shape index (κ3) is 3.93. The fraction of sp³-hybridized carbons (Fsp3) is 0.118. The predicted octanol–water partition coefficient (Wildman–Crippen LogP) is 4.02. The number of hydrogen-bond donors (Lipinski definition) is 1. The SMILES string of the molecule is O=C(NCCc1nnc(-c2ccccc2Cl)o1)c1cccc(Cl)c1. The van der Waals surface area contributed by atoms with E-state index in [9.17, 15) is 4.79 Å². The van der Waals surface area contributed by atoms with Crippen LogP contribution in [0.1, 0.15) is 16.2 Å². The first kappa shape index (κ1) is 16.5. The summed E-state index contributed by atoms with van der Waals surface area (Å²) in [7, 11) is 0. The van der Waals surface area contributed by atoms with Gasteiger partial charge in [0.15, 0.2) is 0 Å². The van der Waals surface area contributed by atoms with Crippen LogP contribution >= 0.6 is 23.2 Å². The summed E-state index contributed by atoms with van der Waals surface area (Å²) in [5.74, 6) is 0.580. The van der Waals surface area contributed by atoms with Crippen LogP contribution in [0.25, 0.3) is 11.5 Å². The Balaban J connectivity index is 1.58. The van der Waals surface area contributed by atoms with E-state index in [2.05, 4.69) is 15.5 Å². The lowest BCUT2D eigenvalue weighted by atomic mass is 10.2.